The molecule has 20 heavy (non-hydrogen) atoms. The molecule has 0 atom stereocenters. The number of carbonyl (C=O) groups is 1. The molecule has 0 aliphatic carbocycles. The van der Waals surface area contributed by atoms with Crippen LogP contribution in [0.1, 0.15) is 17.4 Å². The maximum atomic E-state index is 12.6. The quantitative estimate of drug-likeness (QED) is 0.730. The summed E-state index contributed by atoms with van der Waals surface area (Å²) in [6, 6.07) is 17.2. The van der Waals surface area contributed by atoms with E-state index < -0.39 is 0 Å². The number of rotatable bonds is 3. The molecule has 2 heterocycles. The first kappa shape index (κ1) is 12.4. The lowest BCUT2D eigenvalue weighted by molar-refractivity contribution is 0.0983. The standard InChI is InChI=1S/C16H15N3O/c1-2-18(13-8-4-3-5-9-13)16(20)15-12-14-10-6-7-11-19(14)17-15/h3-12H,2H2,1H3. The monoisotopic (exact) mass is 265 g/mol. The summed E-state index contributed by atoms with van der Waals surface area (Å²) < 4.78 is 1.71. The second-order valence-electron chi connectivity index (χ2n) is 4.48. The number of carbonyl (C=O) groups excluding carboxylic acids is 1. The third-order valence-corrected chi connectivity index (χ3v) is 3.22. The van der Waals surface area contributed by atoms with Gasteiger partial charge in [0, 0.05) is 18.4 Å². The highest BCUT2D eigenvalue weighted by molar-refractivity contribution is 6.05. The summed E-state index contributed by atoms with van der Waals surface area (Å²) >= 11 is 0. The highest BCUT2D eigenvalue weighted by Crippen LogP contribution is 2.16. The van der Waals surface area contributed by atoms with Gasteiger partial charge in [0.05, 0.1) is 5.52 Å². The number of aromatic nitrogens is 2. The zero-order valence-electron chi connectivity index (χ0n) is 11.2. The molecule has 0 spiro atoms. The molecule has 4 heteroatoms. The van der Waals surface area contributed by atoms with E-state index in [1.807, 2.05) is 67.7 Å². The van der Waals surface area contributed by atoms with Crippen LogP contribution >= 0.6 is 0 Å². The molecule has 2 aromatic heterocycles. The molecule has 1 amide bonds. The fourth-order valence-electron chi connectivity index (χ4n) is 2.23. The number of nitrogens with zero attached hydrogens (tertiary/aromatic N) is 3. The lowest BCUT2D eigenvalue weighted by Gasteiger charge is -2.19. The van der Waals surface area contributed by atoms with Crippen LogP contribution in [0.5, 0.6) is 0 Å². The Morgan fingerprint density at radius 1 is 1.15 bits per heavy atom. The van der Waals surface area contributed by atoms with Crippen LogP contribution in [-0.2, 0) is 0 Å². The Hall–Kier alpha value is -2.62. The Bertz CT molecular complexity index is 701. The molecule has 3 aromatic rings. The van der Waals surface area contributed by atoms with Crippen molar-refractivity contribution in [3.63, 3.8) is 0 Å². The Balaban J connectivity index is 1.98. The van der Waals surface area contributed by atoms with E-state index in [9.17, 15) is 4.79 Å². The van der Waals surface area contributed by atoms with E-state index in [0.29, 0.717) is 12.2 Å². The van der Waals surface area contributed by atoms with Gasteiger partial charge in [0.1, 0.15) is 0 Å². The molecule has 4 nitrogen and oxygen atoms in total. The van der Waals surface area contributed by atoms with Gasteiger partial charge in [0.15, 0.2) is 5.69 Å². The van der Waals surface area contributed by atoms with Crippen molar-refractivity contribution in [1.82, 2.24) is 9.61 Å². The smallest absolute Gasteiger partial charge is 0.278 e. The van der Waals surface area contributed by atoms with Crippen molar-refractivity contribution in [3.8, 4) is 0 Å². The summed E-state index contributed by atoms with van der Waals surface area (Å²) in [5.74, 6) is -0.0811. The molecule has 100 valence electrons. The van der Waals surface area contributed by atoms with E-state index in [1.165, 1.54) is 0 Å². The second kappa shape index (κ2) is 5.17. The predicted octanol–water partition coefficient (Wildman–Crippen LogP) is 3.00. The van der Waals surface area contributed by atoms with Crippen molar-refractivity contribution in [2.75, 3.05) is 11.4 Å². The lowest BCUT2D eigenvalue weighted by Crippen LogP contribution is -2.30. The Morgan fingerprint density at radius 2 is 1.90 bits per heavy atom. The van der Waals surface area contributed by atoms with Crippen LogP contribution in [0.15, 0.2) is 60.8 Å². The summed E-state index contributed by atoms with van der Waals surface area (Å²) in [4.78, 5) is 14.3. The fourth-order valence-corrected chi connectivity index (χ4v) is 2.23. The molecule has 0 saturated heterocycles. The van der Waals surface area contributed by atoms with Gasteiger partial charge in [-0.3, -0.25) is 4.79 Å². The molecular weight excluding hydrogens is 250 g/mol. The van der Waals surface area contributed by atoms with E-state index >= 15 is 0 Å². The largest absolute Gasteiger partial charge is 0.307 e. The van der Waals surface area contributed by atoms with Gasteiger partial charge in [-0.1, -0.05) is 24.3 Å². The van der Waals surface area contributed by atoms with E-state index in [2.05, 4.69) is 5.10 Å². The van der Waals surface area contributed by atoms with E-state index in [-0.39, 0.29) is 5.91 Å². The minimum Gasteiger partial charge on any atom is -0.307 e. The fraction of sp³-hybridized carbons (Fsp3) is 0.125. The van der Waals surface area contributed by atoms with Gasteiger partial charge in [0.25, 0.3) is 5.91 Å². The van der Waals surface area contributed by atoms with Crippen molar-refractivity contribution in [1.29, 1.82) is 0 Å². The molecule has 0 radical (unpaired) electrons. The van der Waals surface area contributed by atoms with E-state index in [4.69, 9.17) is 0 Å². The minimum absolute atomic E-state index is 0.0811. The van der Waals surface area contributed by atoms with Gasteiger partial charge in [-0.15, -0.1) is 0 Å². The van der Waals surface area contributed by atoms with Crippen molar-refractivity contribution in [3.05, 3.63) is 66.5 Å². The van der Waals surface area contributed by atoms with Crippen molar-refractivity contribution in [2.24, 2.45) is 0 Å². The van der Waals surface area contributed by atoms with Crippen LogP contribution < -0.4 is 4.90 Å². The van der Waals surface area contributed by atoms with E-state index in [1.54, 1.807) is 9.42 Å². The van der Waals surface area contributed by atoms with Crippen LogP contribution in [-0.4, -0.2) is 22.1 Å². The number of hydrogen-bond donors (Lipinski definition) is 0. The molecule has 0 bridgehead atoms. The molecular formula is C16H15N3O. The molecule has 0 saturated carbocycles. The van der Waals surface area contributed by atoms with Crippen molar-refractivity contribution < 1.29 is 4.79 Å². The van der Waals surface area contributed by atoms with Gasteiger partial charge in [-0.2, -0.15) is 5.10 Å². The topological polar surface area (TPSA) is 37.6 Å². The number of amides is 1. The zero-order valence-corrected chi connectivity index (χ0v) is 11.2. The maximum absolute atomic E-state index is 12.6. The van der Waals surface area contributed by atoms with E-state index in [0.717, 1.165) is 11.2 Å². The van der Waals surface area contributed by atoms with Gasteiger partial charge < -0.3 is 4.90 Å². The highest BCUT2D eigenvalue weighted by Gasteiger charge is 2.18. The second-order valence-corrected chi connectivity index (χ2v) is 4.48. The SMILES string of the molecule is CCN(C(=O)c1cc2ccccn2n1)c1ccccc1. The van der Waals surface area contributed by atoms with Gasteiger partial charge in [-0.25, -0.2) is 4.52 Å². The number of benzene rings is 1. The summed E-state index contributed by atoms with van der Waals surface area (Å²) in [7, 11) is 0. The lowest BCUT2D eigenvalue weighted by atomic mass is 10.2. The highest BCUT2D eigenvalue weighted by atomic mass is 16.2. The first-order valence-corrected chi connectivity index (χ1v) is 6.61. The third-order valence-electron chi connectivity index (χ3n) is 3.22. The van der Waals surface area contributed by atoms with Crippen molar-refractivity contribution >= 4 is 17.1 Å². The average Bonchev–Trinajstić information content (AvgIpc) is 2.93. The van der Waals surface area contributed by atoms with Crippen LogP contribution in [0.2, 0.25) is 0 Å². The summed E-state index contributed by atoms with van der Waals surface area (Å²) in [5.41, 5.74) is 2.26. The Labute approximate surface area is 117 Å². The first-order valence-electron chi connectivity index (χ1n) is 6.61. The van der Waals surface area contributed by atoms with Crippen LogP contribution in [0, 0.1) is 0 Å². The van der Waals surface area contributed by atoms with Crippen LogP contribution in [0.25, 0.3) is 5.52 Å². The van der Waals surface area contributed by atoms with Crippen LogP contribution in [0.3, 0.4) is 0 Å². The zero-order chi connectivity index (χ0) is 13.9. The summed E-state index contributed by atoms with van der Waals surface area (Å²) in [6.45, 7) is 2.57. The molecule has 0 aliphatic heterocycles. The van der Waals surface area contributed by atoms with Crippen molar-refractivity contribution in [2.45, 2.75) is 6.92 Å². The number of hydrogen-bond acceptors (Lipinski definition) is 2. The molecule has 3 rings (SSSR count). The Kier molecular flexibility index (Phi) is 3.21. The molecule has 0 fully saturated rings. The predicted molar refractivity (Wildman–Crippen MR) is 79.0 cm³/mol. The molecule has 0 N–H and O–H groups in total. The van der Waals surface area contributed by atoms with Gasteiger partial charge >= 0.3 is 0 Å². The molecule has 0 aliphatic rings. The van der Waals surface area contributed by atoms with Crippen LogP contribution in [0.4, 0.5) is 5.69 Å². The number of para-hydroxylation sites is 1. The minimum atomic E-state index is -0.0811. The number of fused-ring (bicyclic) bond motifs is 1. The molecule has 0 unspecified atom stereocenters. The normalized spacial score (nSPS) is 10.7. The average molecular weight is 265 g/mol. The number of pyridine rings is 1. The third kappa shape index (κ3) is 2.16. The number of anilines is 1. The maximum Gasteiger partial charge on any atom is 0.278 e. The summed E-state index contributed by atoms with van der Waals surface area (Å²) in [6.07, 6.45) is 1.84. The first-order chi connectivity index (χ1) is 9.79. The molecule has 1 aromatic carbocycles. The summed E-state index contributed by atoms with van der Waals surface area (Å²) in [5, 5.41) is 4.33. The van der Waals surface area contributed by atoms with Gasteiger partial charge in [-0.05, 0) is 37.3 Å². The van der Waals surface area contributed by atoms with Gasteiger partial charge in [0.2, 0.25) is 0 Å². The Morgan fingerprint density at radius 3 is 2.60 bits per heavy atom.